The molecule has 0 aliphatic heterocycles. The number of ether oxygens (including phenoxy) is 1. The minimum absolute atomic E-state index is 0.0692. The number of amides is 1. The van der Waals surface area contributed by atoms with Gasteiger partial charge >= 0.3 is 0 Å². The summed E-state index contributed by atoms with van der Waals surface area (Å²) >= 11 is 1.24. The number of benzene rings is 2. The molecular formula is C25H24N6O3S. The number of rotatable bonds is 9. The van der Waals surface area contributed by atoms with Gasteiger partial charge in [0.05, 0.1) is 18.1 Å². The fourth-order valence-corrected chi connectivity index (χ4v) is 4.03. The first-order chi connectivity index (χ1) is 17.1. The maximum atomic E-state index is 12.5. The number of hydrogen-bond donors (Lipinski definition) is 2. The lowest BCUT2D eigenvalue weighted by Crippen LogP contribution is -2.21. The molecule has 0 saturated carbocycles. The maximum absolute atomic E-state index is 12.5. The van der Waals surface area contributed by atoms with E-state index in [0.717, 1.165) is 17.0 Å². The summed E-state index contributed by atoms with van der Waals surface area (Å²) in [6, 6.07) is 18.1. The van der Waals surface area contributed by atoms with Gasteiger partial charge < -0.3 is 9.84 Å². The van der Waals surface area contributed by atoms with Crippen molar-refractivity contribution in [1.82, 2.24) is 25.2 Å². The van der Waals surface area contributed by atoms with E-state index in [1.165, 1.54) is 11.8 Å². The van der Waals surface area contributed by atoms with Crippen molar-refractivity contribution in [3.05, 3.63) is 78.6 Å². The summed E-state index contributed by atoms with van der Waals surface area (Å²) in [7, 11) is 0. The van der Waals surface area contributed by atoms with Crippen molar-refractivity contribution >= 4 is 23.4 Å². The number of hydrazone groups is 1. The highest BCUT2D eigenvalue weighted by Gasteiger charge is 2.17. The van der Waals surface area contributed by atoms with E-state index < -0.39 is 0 Å². The average molecular weight is 489 g/mol. The first kappa shape index (κ1) is 24.0. The Morgan fingerprint density at radius 1 is 1.11 bits per heavy atom. The normalized spacial score (nSPS) is 11.3. The first-order valence-corrected chi connectivity index (χ1v) is 11.9. The molecule has 1 amide bonds. The molecule has 2 aromatic carbocycles. The van der Waals surface area contributed by atoms with Crippen LogP contribution in [0.1, 0.15) is 19.4 Å². The number of nitrogens with zero attached hydrogens (tertiary/aromatic N) is 5. The molecule has 9 nitrogen and oxygen atoms in total. The van der Waals surface area contributed by atoms with Crippen molar-refractivity contribution in [1.29, 1.82) is 0 Å². The smallest absolute Gasteiger partial charge is 0.250 e. The summed E-state index contributed by atoms with van der Waals surface area (Å²) in [5.74, 6) is 1.23. The number of aromatic hydroxyl groups is 1. The Bertz CT molecular complexity index is 1320. The molecule has 4 rings (SSSR count). The fraction of sp³-hybridized carbons (Fsp3) is 0.160. The average Bonchev–Trinajstić information content (AvgIpc) is 3.31. The highest BCUT2D eigenvalue weighted by Crippen LogP contribution is 2.28. The molecule has 0 fully saturated rings. The van der Waals surface area contributed by atoms with Crippen LogP contribution in [0.15, 0.2) is 83.3 Å². The van der Waals surface area contributed by atoms with Crippen LogP contribution in [0.4, 0.5) is 0 Å². The van der Waals surface area contributed by atoms with Crippen LogP contribution in [0, 0.1) is 0 Å². The van der Waals surface area contributed by atoms with Crippen molar-refractivity contribution in [2.24, 2.45) is 5.10 Å². The minimum atomic E-state index is -0.311. The molecule has 0 bridgehead atoms. The predicted octanol–water partition coefficient (Wildman–Crippen LogP) is 4.07. The highest BCUT2D eigenvalue weighted by molar-refractivity contribution is 7.99. The van der Waals surface area contributed by atoms with Gasteiger partial charge in [-0.25, -0.2) is 5.43 Å². The number of phenols is 1. The van der Waals surface area contributed by atoms with Crippen LogP contribution >= 0.6 is 11.8 Å². The van der Waals surface area contributed by atoms with Gasteiger partial charge in [-0.3, -0.25) is 14.3 Å². The topological polar surface area (TPSA) is 115 Å². The molecule has 10 heteroatoms. The third kappa shape index (κ3) is 5.85. The Balaban J connectivity index is 1.53. The summed E-state index contributed by atoms with van der Waals surface area (Å²) in [4.78, 5) is 16.7. The first-order valence-electron chi connectivity index (χ1n) is 10.9. The zero-order chi connectivity index (χ0) is 24.6. The van der Waals surface area contributed by atoms with E-state index in [1.807, 2.05) is 47.9 Å². The number of thioether (sulfide) groups is 1. The van der Waals surface area contributed by atoms with Gasteiger partial charge in [0.2, 0.25) is 0 Å². The Labute approximate surface area is 206 Å². The van der Waals surface area contributed by atoms with Crippen LogP contribution in [0.5, 0.6) is 11.5 Å². The Hall–Kier alpha value is -4.18. The number of pyridine rings is 1. The molecule has 0 atom stereocenters. The second kappa shape index (κ2) is 11.3. The monoisotopic (exact) mass is 488 g/mol. The van der Waals surface area contributed by atoms with Gasteiger partial charge in [0, 0.05) is 29.2 Å². The van der Waals surface area contributed by atoms with Crippen LogP contribution in [0.25, 0.3) is 17.1 Å². The van der Waals surface area contributed by atoms with E-state index in [-0.39, 0.29) is 17.4 Å². The molecule has 2 aromatic heterocycles. The van der Waals surface area contributed by atoms with Gasteiger partial charge in [-0.2, -0.15) is 5.10 Å². The van der Waals surface area contributed by atoms with Gasteiger partial charge in [-0.05, 0) is 62.4 Å². The van der Waals surface area contributed by atoms with E-state index in [1.54, 1.807) is 43.6 Å². The molecule has 178 valence electrons. The third-order valence-electron chi connectivity index (χ3n) is 4.93. The third-order valence-corrected chi connectivity index (χ3v) is 5.86. The van der Waals surface area contributed by atoms with Crippen LogP contribution in [-0.4, -0.2) is 48.8 Å². The molecule has 0 aliphatic carbocycles. The van der Waals surface area contributed by atoms with E-state index in [0.29, 0.717) is 28.9 Å². The van der Waals surface area contributed by atoms with E-state index >= 15 is 0 Å². The summed E-state index contributed by atoms with van der Waals surface area (Å²) in [5, 5.41) is 23.3. The lowest BCUT2D eigenvalue weighted by atomic mass is 10.1. The largest absolute Gasteiger partial charge is 0.507 e. The summed E-state index contributed by atoms with van der Waals surface area (Å²) < 4.78 is 7.43. The molecule has 4 aromatic rings. The molecular weight excluding hydrogens is 464 g/mol. The lowest BCUT2D eigenvalue weighted by Gasteiger charge is -2.11. The van der Waals surface area contributed by atoms with Crippen LogP contribution in [0.3, 0.4) is 0 Å². The summed E-state index contributed by atoms with van der Waals surface area (Å²) in [6.45, 7) is 4.22. The second-order valence-electron chi connectivity index (χ2n) is 7.35. The van der Waals surface area contributed by atoms with Gasteiger partial charge in [-0.15, -0.1) is 10.2 Å². The fourth-order valence-electron chi connectivity index (χ4n) is 3.28. The quantitative estimate of drug-likeness (QED) is 0.207. The summed E-state index contributed by atoms with van der Waals surface area (Å²) in [6.07, 6.45) is 3.41. The van der Waals surface area contributed by atoms with Gasteiger partial charge in [0.25, 0.3) is 5.91 Å². The van der Waals surface area contributed by atoms with Crippen molar-refractivity contribution < 1.29 is 14.6 Å². The summed E-state index contributed by atoms with van der Waals surface area (Å²) in [5.41, 5.74) is 5.21. The zero-order valence-electron chi connectivity index (χ0n) is 19.3. The predicted molar refractivity (Wildman–Crippen MR) is 135 cm³/mol. The number of carbonyl (C=O) groups is 1. The molecule has 2 N–H and O–H groups in total. The zero-order valence-corrected chi connectivity index (χ0v) is 20.1. The maximum Gasteiger partial charge on any atom is 0.250 e. The molecule has 0 saturated heterocycles. The number of hydrogen-bond acceptors (Lipinski definition) is 8. The van der Waals surface area contributed by atoms with Crippen LogP contribution in [0.2, 0.25) is 0 Å². The number of para-hydroxylation sites is 1. The van der Waals surface area contributed by atoms with E-state index in [9.17, 15) is 9.90 Å². The van der Waals surface area contributed by atoms with Gasteiger partial charge in [0.15, 0.2) is 11.0 Å². The Kier molecular flexibility index (Phi) is 7.74. The minimum Gasteiger partial charge on any atom is -0.507 e. The van der Waals surface area contributed by atoms with Gasteiger partial charge in [-0.1, -0.05) is 23.9 Å². The Morgan fingerprint density at radius 2 is 1.91 bits per heavy atom. The number of carbonyl (C=O) groups excluding carboxylic acids is 1. The van der Waals surface area contributed by atoms with Crippen LogP contribution < -0.4 is 10.2 Å². The molecule has 0 unspecified atom stereocenters. The number of phenolic OH excluding ortho intramolecular Hbond substituents is 1. The molecule has 2 heterocycles. The van der Waals surface area contributed by atoms with E-state index in [2.05, 4.69) is 25.7 Å². The standard InChI is InChI=1S/C25H24N6O3S/c1-3-34-20-12-10-19(11-13-20)31-24(18-7-6-14-26-15-18)29-30-25(31)35-16-23(33)28-27-17(2)21-8-4-5-9-22(21)32/h4-15,32H,3,16H2,1-2H3,(H,28,33)/b27-17+. The molecule has 0 aliphatic rings. The molecule has 35 heavy (non-hydrogen) atoms. The lowest BCUT2D eigenvalue weighted by molar-refractivity contribution is -0.118. The van der Waals surface area contributed by atoms with Gasteiger partial charge in [0.1, 0.15) is 11.5 Å². The molecule has 0 radical (unpaired) electrons. The van der Waals surface area contributed by atoms with Crippen molar-refractivity contribution in [3.63, 3.8) is 0 Å². The molecule has 0 spiro atoms. The Morgan fingerprint density at radius 3 is 2.63 bits per heavy atom. The van der Waals surface area contributed by atoms with Crippen molar-refractivity contribution in [3.8, 4) is 28.6 Å². The van der Waals surface area contributed by atoms with E-state index in [4.69, 9.17) is 4.74 Å². The highest BCUT2D eigenvalue weighted by atomic mass is 32.2. The number of nitrogens with one attached hydrogen (secondary N) is 1. The second-order valence-corrected chi connectivity index (χ2v) is 8.29. The van der Waals surface area contributed by atoms with Crippen molar-refractivity contribution in [2.75, 3.05) is 12.4 Å². The SMILES string of the molecule is CCOc1ccc(-n2c(SCC(=O)N/N=C(\C)c3ccccc3O)nnc2-c2cccnc2)cc1. The number of aromatic nitrogens is 4. The van der Waals surface area contributed by atoms with Crippen molar-refractivity contribution in [2.45, 2.75) is 19.0 Å². The van der Waals surface area contributed by atoms with Crippen LogP contribution in [-0.2, 0) is 4.79 Å².